The molecule has 0 saturated heterocycles. The van der Waals surface area contributed by atoms with Gasteiger partial charge in [-0.25, -0.2) is 8.94 Å². The zero-order valence-corrected chi connectivity index (χ0v) is 13.6. The Hall–Kier alpha value is -1.50. The molecule has 0 saturated carbocycles. The number of hydrogen-bond acceptors (Lipinski definition) is 5. The predicted molar refractivity (Wildman–Crippen MR) is 89.8 cm³/mol. The molecule has 21 heavy (non-hydrogen) atoms. The van der Waals surface area contributed by atoms with E-state index in [1.54, 1.807) is 3.96 Å². The van der Waals surface area contributed by atoms with Crippen molar-refractivity contribution in [2.24, 2.45) is 0 Å². The summed E-state index contributed by atoms with van der Waals surface area (Å²) in [6, 6.07) is 7.89. The minimum Gasteiger partial charge on any atom is -0.309 e. The van der Waals surface area contributed by atoms with Gasteiger partial charge in [0, 0.05) is 11.4 Å². The predicted octanol–water partition coefficient (Wildman–Crippen LogP) is 3.57. The molecular weight excluding hydrogens is 302 g/mol. The van der Waals surface area contributed by atoms with Crippen LogP contribution in [0.15, 0.2) is 34.4 Å². The first-order chi connectivity index (χ1) is 10.2. The van der Waals surface area contributed by atoms with E-state index in [4.69, 9.17) is 0 Å². The van der Waals surface area contributed by atoms with E-state index in [1.165, 1.54) is 22.9 Å². The molecule has 0 aliphatic rings. The smallest absolute Gasteiger partial charge is 0.275 e. The lowest BCUT2D eigenvalue weighted by Gasteiger charge is -2.09. The summed E-state index contributed by atoms with van der Waals surface area (Å²) in [7, 11) is 0. The van der Waals surface area contributed by atoms with E-state index in [0.717, 1.165) is 33.9 Å². The number of fused-ring (bicyclic) bond motifs is 1. The molecule has 1 atom stereocenters. The zero-order chi connectivity index (χ0) is 14.8. The first kappa shape index (κ1) is 14.4. The number of nitrogens with one attached hydrogen (secondary N) is 1. The SMILES string of the molecule is CCCNC(C)c1csc(-n2sc3ccccc3c2=O)n1. The molecule has 0 aliphatic heterocycles. The lowest BCUT2D eigenvalue weighted by Crippen LogP contribution is -2.19. The Balaban J connectivity index is 1.95. The van der Waals surface area contributed by atoms with Crippen LogP contribution in [0.4, 0.5) is 0 Å². The van der Waals surface area contributed by atoms with Crippen LogP contribution in [-0.2, 0) is 0 Å². The highest BCUT2D eigenvalue weighted by atomic mass is 32.1. The fourth-order valence-corrected chi connectivity index (χ4v) is 4.08. The van der Waals surface area contributed by atoms with E-state index >= 15 is 0 Å². The van der Waals surface area contributed by atoms with Gasteiger partial charge in [0.05, 0.1) is 15.8 Å². The molecule has 0 fully saturated rings. The Labute approximate surface area is 131 Å². The average molecular weight is 319 g/mol. The molecule has 0 amide bonds. The maximum Gasteiger partial charge on any atom is 0.275 e. The number of nitrogens with zero attached hydrogens (tertiary/aromatic N) is 2. The topological polar surface area (TPSA) is 46.9 Å². The normalized spacial score (nSPS) is 12.9. The Morgan fingerprint density at radius 3 is 2.95 bits per heavy atom. The zero-order valence-electron chi connectivity index (χ0n) is 12.0. The molecule has 110 valence electrons. The van der Waals surface area contributed by atoms with Crippen molar-refractivity contribution in [3.05, 3.63) is 45.7 Å². The molecule has 1 aromatic carbocycles. The number of hydrogen-bond donors (Lipinski definition) is 1. The molecule has 1 N–H and O–H groups in total. The molecule has 6 heteroatoms. The second-order valence-corrected chi connectivity index (χ2v) is 6.74. The van der Waals surface area contributed by atoms with Crippen LogP contribution < -0.4 is 10.9 Å². The van der Waals surface area contributed by atoms with Gasteiger partial charge >= 0.3 is 0 Å². The van der Waals surface area contributed by atoms with Crippen LogP contribution in [-0.4, -0.2) is 15.5 Å². The largest absolute Gasteiger partial charge is 0.309 e. The van der Waals surface area contributed by atoms with Crippen molar-refractivity contribution < 1.29 is 0 Å². The van der Waals surface area contributed by atoms with Gasteiger partial charge in [0.15, 0.2) is 0 Å². The van der Waals surface area contributed by atoms with Gasteiger partial charge in [-0.1, -0.05) is 19.1 Å². The third-order valence-electron chi connectivity index (χ3n) is 3.32. The highest BCUT2D eigenvalue weighted by Crippen LogP contribution is 2.24. The highest BCUT2D eigenvalue weighted by molar-refractivity contribution is 7.17. The van der Waals surface area contributed by atoms with E-state index in [2.05, 4.69) is 24.1 Å². The van der Waals surface area contributed by atoms with E-state index in [1.807, 2.05) is 29.6 Å². The van der Waals surface area contributed by atoms with Crippen LogP contribution in [0.5, 0.6) is 0 Å². The fourth-order valence-electron chi connectivity index (χ4n) is 2.13. The minimum absolute atomic E-state index is 0.0191. The van der Waals surface area contributed by atoms with Gasteiger partial charge in [-0.2, -0.15) is 0 Å². The van der Waals surface area contributed by atoms with E-state index in [-0.39, 0.29) is 11.6 Å². The lowest BCUT2D eigenvalue weighted by molar-refractivity contribution is 0.560. The summed E-state index contributed by atoms with van der Waals surface area (Å²) in [5.41, 5.74) is 1.01. The molecule has 3 aromatic rings. The quantitative estimate of drug-likeness (QED) is 0.782. The van der Waals surface area contributed by atoms with Gasteiger partial charge in [-0.05, 0) is 43.6 Å². The molecule has 2 aromatic heterocycles. The summed E-state index contributed by atoms with van der Waals surface area (Å²) >= 11 is 2.97. The van der Waals surface area contributed by atoms with Crippen LogP contribution in [0.1, 0.15) is 32.0 Å². The summed E-state index contributed by atoms with van der Waals surface area (Å²) in [6.45, 7) is 5.21. The van der Waals surface area contributed by atoms with E-state index < -0.39 is 0 Å². The molecule has 2 heterocycles. The van der Waals surface area contributed by atoms with Gasteiger partial charge < -0.3 is 5.32 Å². The summed E-state index contributed by atoms with van der Waals surface area (Å²) in [5, 5.41) is 6.95. The van der Waals surface area contributed by atoms with Crippen molar-refractivity contribution >= 4 is 33.0 Å². The van der Waals surface area contributed by atoms with Crippen molar-refractivity contribution in [2.45, 2.75) is 26.3 Å². The Kier molecular flexibility index (Phi) is 4.19. The second kappa shape index (κ2) is 6.09. The maximum atomic E-state index is 12.4. The van der Waals surface area contributed by atoms with Gasteiger partial charge in [0.1, 0.15) is 0 Å². The minimum atomic E-state index is 0.0191. The van der Waals surface area contributed by atoms with Crippen LogP contribution >= 0.6 is 22.9 Å². The van der Waals surface area contributed by atoms with Crippen LogP contribution in [0.2, 0.25) is 0 Å². The monoisotopic (exact) mass is 319 g/mol. The van der Waals surface area contributed by atoms with Crippen molar-refractivity contribution in [2.75, 3.05) is 6.54 Å². The summed E-state index contributed by atoms with van der Waals surface area (Å²) < 4.78 is 2.68. The van der Waals surface area contributed by atoms with Crippen molar-refractivity contribution in [3.63, 3.8) is 0 Å². The summed E-state index contributed by atoms with van der Waals surface area (Å²) in [5.74, 6) is 0. The molecule has 1 unspecified atom stereocenters. The maximum absolute atomic E-state index is 12.4. The molecule has 0 spiro atoms. The summed E-state index contributed by atoms with van der Waals surface area (Å²) in [4.78, 5) is 17.0. The first-order valence-electron chi connectivity index (χ1n) is 7.01. The van der Waals surface area contributed by atoms with Crippen molar-refractivity contribution in [3.8, 4) is 5.13 Å². The Bertz CT molecular complexity index is 802. The van der Waals surface area contributed by atoms with E-state index in [9.17, 15) is 4.79 Å². The van der Waals surface area contributed by atoms with Gasteiger partial charge in [-0.3, -0.25) is 4.79 Å². The molecular formula is C15H17N3OS2. The van der Waals surface area contributed by atoms with Crippen LogP contribution in [0.3, 0.4) is 0 Å². The molecule has 0 aliphatic carbocycles. The molecule has 0 bridgehead atoms. The molecule has 0 radical (unpaired) electrons. The molecule has 3 rings (SSSR count). The standard InChI is InChI=1S/C15H17N3OS2/c1-3-8-16-10(2)12-9-20-15(17-12)18-14(19)11-6-4-5-7-13(11)21-18/h4-7,9-10,16H,3,8H2,1-2H3. The second-order valence-electron chi connectivity index (χ2n) is 4.92. The van der Waals surface area contributed by atoms with Crippen molar-refractivity contribution in [1.82, 2.24) is 14.3 Å². The third-order valence-corrected chi connectivity index (χ3v) is 5.35. The molecule has 4 nitrogen and oxygen atoms in total. The van der Waals surface area contributed by atoms with Gasteiger partial charge in [-0.15, -0.1) is 11.3 Å². The highest BCUT2D eigenvalue weighted by Gasteiger charge is 2.14. The van der Waals surface area contributed by atoms with Gasteiger partial charge in [0.2, 0.25) is 5.13 Å². The Morgan fingerprint density at radius 1 is 1.38 bits per heavy atom. The Morgan fingerprint density at radius 2 is 2.19 bits per heavy atom. The average Bonchev–Trinajstić information content (AvgIpc) is 3.10. The van der Waals surface area contributed by atoms with Crippen LogP contribution in [0, 0.1) is 0 Å². The number of thiazole rings is 1. The number of benzene rings is 1. The van der Waals surface area contributed by atoms with Gasteiger partial charge in [0.25, 0.3) is 5.56 Å². The first-order valence-corrected chi connectivity index (χ1v) is 8.66. The third kappa shape index (κ3) is 2.79. The lowest BCUT2D eigenvalue weighted by atomic mass is 10.2. The van der Waals surface area contributed by atoms with Crippen LogP contribution in [0.25, 0.3) is 15.2 Å². The number of aromatic nitrogens is 2. The fraction of sp³-hybridized carbons (Fsp3) is 0.333. The van der Waals surface area contributed by atoms with Crippen molar-refractivity contribution in [1.29, 1.82) is 0 Å². The number of rotatable bonds is 5. The summed E-state index contributed by atoms with van der Waals surface area (Å²) in [6.07, 6.45) is 1.09. The van der Waals surface area contributed by atoms with E-state index in [0.29, 0.717) is 0 Å².